The second-order valence-corrected chi connectivity index (χ2v) is 3.88. The molecule has 3 rings (SSSR count). The van der Waals surface area contributed by atoms with Gasteiger partial charge in [-0.2, -0.15) is 0 Å². The van der Waals surface area contributed by atoms with Gasteiger partial charge in [0.1, 0.15) is 0 Å². The van der Waals surface area contributed by atoms with Gasteiger partial charge in [-0.25, -0.2) is 0 Å². The highest BCUT2D eigenvalue weighted by atomic mass is 32.1. The van der Waals surface area contributed by atoms with Crippen LogP contribution in [0.15, 0.2) is 48.9 Å². The minimum Gasteiger partial charge on any atom is -0.330 e. The maximum absolute atomic E-state index is 5.27. The maximum atomic E-state index is 5.27. The summed E-state index contributed by atoms with van der Waals surface area (Å²) in [4.78, 5) is 7.23. The molecule has 1 N–H and O–H groups in total. The molecule has 3 aromatic rings. The number of fused-ring (bicyclic) bond motifs is 1. The van der Waals surface area contributed by atoms with Crippen LogP contribution in [-0.2, 0) is 0 Å². The fourth-order valence-electron chi connectivity index (χ4n) is 1.79. The summed E-state index contributed by atoms with van der Waals surface area (Å²) in [6.45, 7) is 0. The zero-order valence-electron chi connectivity index (χ0n) is 8.42. The summed E-state index contributed by atoms with van der Waals surface area (Å²) in [6.07, 6.45) is 5.51. The van der Waals surface area contributed by atoms with E-state index in [1.54, 1.807) is 12.4 Å². The highest BCUT2D eigenvalue weighted by Gasteiger charge is 2.05. The third-order valence-electron chi connectivity index (χ3n) is 2.54. The molecule has 0 aliphatic carbocycles. The molecule has 0 unspecified atom stereocenters. The Bertz CT molecular complexity index is 682. The summed E-state index contributed by atoms with van der Waals surface area (Å²) in [7, 11) is 0. The Labute approximate surface area is 97.4 Å². The Morgan fingerprint density at radius 3 is 2.75 bits per heavy atom. The molecule has 0 radical (unpaired) electrons. The Balaban J connectivity index is 2.38. The van der Waals surface area contributed by atoms with Gasteiger partial charge < -0.3 is 4.98 Å². The highest BCUT2D eigenvalue weighted by molar-refractivity contribution is 7.71. The fourth-order valence-corrected chi connectivity index (χ4v) is 2.06. The van der Waals surface area contributed by atoms with Gasteiger partial charge in [0.05, 0.1) is 11.2 Å². The summed E-state index contributed by atoms with van der Waals surface area (Å²) in [5.74, 6) is 0. The van der Waals surface area contributed by atoms with Crippen molar-refractivity contribution in [3.8, 4) is 11.3 Å². The lowest BCUT2D eigenvalue weighted by Gasteiger charge is -1.98. The van der Waals surface area contributed by atoms with Crippen molar-refractivity contribution in [2.75, 3.05) is 0 Å². The monoisotopic (exact) mass is 227 g/mol. The minimum absolute atomic E-state index is 0.711. The van der Waals surface area contributed by atoms with Crippen molar-refractivity contribution in [2.24, 2.45) is 0 Å². The van der Waals surface area contributed by atoms with E-state index >= 15 is 0 Å². The van der Waals surface area contributed by atoms with Gasteiger partial charge in [-0.3, -0.25) is 9.38 Å². The number of pyridine rings is 2. The van der Waals surface area contributed by atoms with Crippen LogP contribution < -0.4 is 0 Å². The largest absolute Gasteiger partial charge is 0.330 e. The van der Waals surface area contributed by atoms with Crippen LogP contribution >= 0.6 is 12.2 Å². The van der Waals surface area contributed by atoms with Crippen molar-refractivity contribution in [3.63, 3.8) is 0 Å². The lowest BCUT2D eigenvalue weighted by Crippen LogP contribution is -1.82. The molecule has 3 aromatic heterocycles. The average molecular weight is 227 g/mol. The van der Waals surface area contributed by atoms with Crippen molar-refractivity contribution in [2.45, 2.75) is 0 Å². The van der Waals surface area contributed by atoms with Crippen LogP contribution in [-0.4, -0.2) is 14.4 Å². The second-order valence-electron chi connectivity index (χ2n) is 3.50. The molecule has 0 aliphatic rings. The predicted octanol–water partition coefficient (Wildman–Crippen LogP) is 3.06. The van der Waals surface area contributed by atoms with Gasteiger partial charge in [0, 0.05) is 24.2 Å². The smallest absolute Gasteiger partial charge is 0.182 e. The number of aromatic nitrogens is 3. The molecule has 78 valence electrons. The Kier molecular flexibility index (Phi) is 2.08. The lowest BCUT2D eigenvalue weighted by molar-refractivity contribution is 1.12. The summed E-state index contributed by atoms with van der Waals surface area (Å²) in [5, 5.41) is 0. The van der Waals surface area contributed by atoms with Crippen molar-refractivity contribution in [1.82, 2.24) is 14.4 Å². The van der Waals surface area contributed by atoms with E-state index in [1.165, 1.54) is 0 Å². The number of aromatic amines is 1. The fraction of sp³-hybridized carbons (Fsp3) is 0. The number of hydrogen-bond acceptors (Lipinski definition) is 2. The lowest BCUT2D eigenvalue weighted by atomic mass is 10.2. The molecule has 16 heavy (non-hydrogen) atoms. The molecule has 0 fully saturated rings. The first kappa shape index (κ1) is 9.30. The van der Waals surface area contributed by atoms with Crippen LogP contribution in [0.4, 0.5) is 0 Å². The molecular formula is C12H9N3S. The van der Waals surface area contributed by atoms with Crippen molar-refractivity contribution < 1.29 is 0 Å². The number of imidazole rings is 1. The SMILES string of the molecule is S=c1[nH]c(-c2ccncc2)c2ccccn12. The molecule has 4 heteroatoms. The number of hydrogen-bond donors (Lipinski definition) is 1. The van der Waals surface area contributed by atoms with Gasteiger partial charge in [0.15, 0.2) is 4.77 Å². The first-order chi connectivity index (χ1) is 7.86. The number of nitrogens with zero attached hydrogens (tertiary/aromatic N) is 2. The van der Waals surface area contributed by atoms with E-state index in [-0.39, 0.29) is 0 Å². The zero-order chi connectivity index (χ0) is 11.0. The molecule has 0 aromatic carbocycles. The van der Waals surface area contributed by atoms with Crippen molar-refractivity contribution in [1.29, 1.82) is 0 Å². The quantitative estimate of drug-likeness (QED) is 0.648. The Morgan fingerprint density at radius 2 is 1.94 bits per heavy atom. The summed E-state index contributed by atoms with van der Waals surface area (Å²) in [5.41, 5.74) is 3.21. The van der Waals surface area contributed by atoms with Gasteiger partial charge >= 0.3 is 0 Å². The molecule has 0 amide bonds. The van der Waals surface area contributed by atoms with Crippen molar-refractivity contribution >= 4 is 17.7 Å². The maximum Gasteiger partial charge on any atom is 0.182 e. The van der Waals surface area contributed by atoms with E-state index in [2.05, 4.69) is 9.97 Å². The Morgan fingerprint density at radius 1 is 1.12 bits per heavy atom. The number of H-pyrrole nitrogens is 1. The summed E-state index contributed by atoms with van der Waals surface area (Å²) < 4.78 is 2.67. The van der Waals surface area contributed by atoms with Gasteiger partial charge in [-0.15, -0.1) is 0 Å². The zero-order valence-corrected chi connectivity index (χ0v) is 9.24. The van der Waals surface area contributed by atoms with E-state index in [1.807, 2.05) is 40.9 Å². The predicted molar refractivity (Wildman–Crippen MR) is 65.8 cm³/mol. The van der Waals surface area contributed by atoms with Gasteiger partial charge in [-0.05, 0) is 36.5 Å². The van der Waals surface area contributed by atoms with E-state index < -0.39 is 0 Å². The van der Waals surface area contributed by atoms with Crippen LogP contribution in [0.1, 0.15) is 0 Å². The van der Waals surface area contributed by atoms with Crippen molar-refractivity contribution in [3.05, 3.63) is 53.7 Å². The summed E-state index contributed by atoms with van der Waals surface area (Å²) in [6, 6.07) is 9.94. The van der Waals surface area contributed by atoms with Crippen LogP contribution in [0.5, 0.6) is 0 Å². The third-order valence-corrected chi connectivity index (χ3v) is 2.83. The minimum atomic E-state index is 0.711. The molecule has 3 nitrogen and oxygen atoms in total. The average Bonchev–Trinajstić information content (AvgIpc) is 2.69. The first-order valence-corrected chi connectivity index (χ1v) is 5.37. The standard InChI is InChI=1S/C12H9N3S/c16-12-14-11(9-4-6-13-7-5-9)10-3-1-2-8-15(10)12/h1-8H,(H,14,16). The van der Waals surface area contributed by atoms with Gasteiger partial charge in [-0.1, -0.05) is 6.07 Å². The number of nitrogens with one attached hydrogen (secondary N) is 1. The third kappa shape index (κ3) is 1.35. The van der Waals surface area contributed by atoms with Gasteiger partial charge in [0.2, 0.25) is 0 Å². The second kappa shape index (κ2) is 3.57. The van der Waals surface area contributed by atoms with Crippen LogP contribution in [0, 0.1) is 4.77 Å². The molecular weight excluding hydrogens is 218 g/mol. The molecule has 0 bridgehead atoms. The van der Waals surface area contributed by atoms with Crippen LogP contribution in [0.2, 0.25) is 0 Å². The van der Waals surface area contributed by atoms with E-state index in [0.29, 0.717) is 4.77 Å². The Hall–Kier alpha value is -1.94. The van der Waals surface area contributed by atoms with Gasteiger partial charge in [0.25, 0.3) is 0 Å². The molecule has 0 atom stereocenters. The molecule has 0 saturated heterocycles. The normalized spacial score (nSPS) is 10.8. The number of rotatable bonds is 1. The molecule has 0 spiro atoms. The first-order valence-electron chi connectivity index (χ1n) is 4.96. The summed E-state index contributed by atoms with van der Waals surface area (Å²) >= 11 is 5.27. The highest BCUT2D eigenvalue weighted by Crippen LogP contribution is 2.22. The molecule has 0 saturated carbocycles. The topological polar surface area (TPSA) is 33.1 Å². The van der Waals surface area contributed by atoms with E-state index in [0.717, 1.165) is 16.8 Å². The van der Waals surface area contributed by atoms with E-state index in [9.17, 15) is 0 Å². The van der Waals surface area contributed by atoms with Crippen LogP contribution in [0.25, 0.3) is 16.8 Å². The van der Waals surface area contributed by atoms with E-state index in [4.69, 9.17) is 12.2 Å². The molecule has 3 heterocycles. The van der Waals surface area contributed by atoms with Crippen LogP contribution in [0.3, 0.4) is 0 Å². The molecule has 0 aliphatic heterocycles.